The Kier molecular flexibility index (Phi) is 5.51. The smallest absolute Gasteiger partial charge is 0.273 e. The summed E-state index contributed by atoms with van der Waals surface area (Å²) >= 11 is 0. The molecule has 1 rings (SSSR count). The molecule has 1 aromatic heterocycles. The minimum Gasteiger partial charge on any atom is -0.447 e. The topological polar surface area (TPSA) is 102 Å². The number of hydrogen-bond donors (Lipinski definition) is 2. The standard InChI is InChI=1S/C10H18N2O4S2/c1-8(17(2)13)5-6-12-18(14,15)10-4-3-9(7-11)16-10/h3-4,8,12H,5-7,11H2,1-2H3. The first-order valence-electron chi connectivity index (χ1n) is 5.47. The highest BCUT2D eigenvalue weighted by molar-refractivity contribution is 7.89. The van der Waals surface area contributed by atoms with Gasteiger partial charge in [-0.1, -0.05) is 6.92 Å². The zero-order valence-corrected chi connectivity index (χ0v) is 12.0. The lowest BCUT2D eigenvalue weighted by molar-refractivity contribution is 0.412. The minimum absolute atomic E-state index is 0.0519. The molecule has 0 aliphatic rings. The maximum atomic E-state index is 11.8. The molecule has 0 saturated heterocycles. The maximum absolute atomic E-state index is 11.8. The molecule has 2 atom stereocenters. The summed E-state index contributed by atoms with van der Waals surface area (Å²) in [5.74, 6) is 0.415. The lowest BCUT2D eigenvalue weighted by Gasteiger charge is -2.08. The van der Waals surface area contributed by atoms with Crippen LogP contribution >= 0.6 is 0 Å². The molecular weight excluding hydrogens is 276 g/mol. The van der Waals surface area contributed by atoms with Crippen molar-refractivity contribution in [2.24, 2.45) is 5.73 Å². The summed E-state index contributed by atoms with van der Waals surface area (Å²) < 4.78 is 42.2. The van der Waals surface area contributed by atoms with Gasteiger partial charge in [0.2, 0.25) is 5.09 Å². The second kappa shape index (κ2) is 6.46. The second-order valence-electron chi connectivity index (χ2n) is 3.92. The van der Waals surface area contributed by atoms with Crippen LogP contribution in [0.2, 0.25) is 0 Å². The van der Waals surface area contributed by atoms with E-state index in [0.717, 1.165) is 0 Å². The fourth-order valence-corrected chi connectivity index (χ4v) is 2.69. The molecule has 1 aromatic rings. The van der Waals surface area contributed by atoms with E-state index in [1.54, 1.807) is 6.26 Å². The van der Waals surface area contributed by atoms with Crippen LogP contribution in [-0.2, 0) is 27.4 Å². The number of rotatable bonds is 7. The van der Waals surface area contributed by atoms with E-state index >= 15 is 0 Å². The van der Waals surface area contributed by atoms with Gasteiger partial charge in [0.25, 0.3) is 10.0 Å². The van der Waals surface area contributed by atoms with E-state index < -0.39 is 20.8 Å². The zero-order valence-electron chi connectivity index (χ0n) is 10.4. The lowest BCUT2D eigenvalue weighted by Crippen LogP contribution is -2.27. The molecule has 0 aromatic carbocycles. The summed E-state index contributed by atoms with van der Waals surface area (Å²) in [4.78, 5) is 0. The number of furan rings is 1. The van der Waals surface area contributed by atoms with Gasteiger partial charge >= 0.3 is 0 Å². The van der Waals surface area contributed by atoms with E-state index in [1.165, 1.54) is 12.1 Å². The predicted octanol–water partition coefficient (Wildman–Crippen LogP) is 0.174. The van der Waals surface area contributed by atoms with E-state index in [-0.39, 0.29) is 23.4 Å². The van der Waals surface area contributed by atoms with Crippen LogP contribution in [0.3, 0.4) is 0 Å². The van der Waals surface area contributed by atoms with Crippen LogP contribution in [0.15, 0.2) is 21.6 Å². The monoisotopic (exact) mass is 294 g/mol. The van der Waals surface area contributed by atoms with Crippen molar-refractivity contribution in [3.63, 3.8) is 0 Å². The van der Waals surface area contributed by atoms with Crippen LogP contribution in [0, 0.1) is 0 Å². The molecule has 0 amide bonds. The third-order valence-corrected chi connectivity index (χ3v) is 5.21. The van der Waals surface area contributed by atoms with Crippen LogP contribution in [0.4, 0.5) is 0 Å². The molecule has 3 N–H and O–H groups in total. The van der Waals surface area contributed by atoms with Crippen LogP contribution in [0.1, 0.15) is 19.1 Å². The lowest BCUT2D eigenvalue weighted by atomic mass is 10.3. The maximum Gasteiger partial charge on any atom is 0.273 e. The van der Waals surface area contributed by atoms with E-state index in [4.69, 9.17) is 10.2 Å². The second-order valence-corrected chi connectivity index (χ2v) is 7.42. The fourth-order valence-electron chi connectivity index (χ4n) is 1.25. The minimum atomic E-state index is -3.64. The van der Waals surface area contributed by atoms with Gasteiger partial charge in [0, 0.05) is 28.9 Å². The normalized spacial score (nSPS) is 15.5. The van der Waals surface area contributed by atoms with E-state index in [2.05, 4.69) is 4.72 Å². The Morgan fingerprint density at radius 1 is 1.50 bits per heavy atom. The van der Waals surface area contributed by atoms with Gasteiger partial charge in [0.15, 0.2) is 0 Å². The Morgan fingerprint density at radius 3 is 2.67 bits per heavy atom. The van der Waals surface area contributed by atoms with Crippen molar-refractivity contribution in [2.45, 2.75) is 30.2 Å². The van der Waals surface area contributed by atoms with Crippen LogP contribution in [0.25, 0.3) is 0 Å². The molecule has 104 valence electrons. The molecule has 6 nitrogen and oxygen atoms in total. The van der Waals surface area contributed by atoms with Gasteiger partial charge in [-0.15, -0.1) is 0 Å². The number of nitrogens with one attached hydrogen (secondary N) is 1. The molecule has 1 heterocycles. The number of nitrogens with two attached hydrogens (primary N) is 1. The van der Waals surface area contributed by atoms with E-state index in [9.17, 15) is 12.6 Å². The fraction of sp³-hybridized carbons (Fsp3) is 0.600. The van der Waals surface area contributed by atoms with Crippen molar-refractivity contribution in [1.82, 2.24) is 4.72 Å². The number of sulfonamides is 1. The van der Waals surface area contributed by atoms with Gasteiger partial charge in [-0.2, -0.15) is 0 Å². The Morgan fingerprint density at radius 2 is 2.17 bits per heavy atom. The van der Waals surface area contributed by atoms with Crippen molar-refractivity contribution in [3.8, 4) is 0 Å². The summed E-state index contributed by atoms with van der Waals surface area (Å²) in [6.07, 6.45) is 2.10. The summed E-state index contributed by atoms with van der Waals surface area (Å²) in [6.45, 7) is 2.19. The van der Waals surface area contributed by atoms with Crippen molar-refractivity contribution in [3.05, 3.63) is 17.9 Å². The first-order chi connectivity index (χ1) is 8.36. The molecule has 0 aliphatic heterocycles. The molecule has 0 fully saturated rings. The highest BCUT2D eigenvalue weighted by Gasteiger charge is 2.18. The average molecular weight is 294 g/mol. The molecular formula is C10H18N2O4S2. The summed E-state index contributed by atoms with van der Waals surface area (Å²) in [6, 6.07) is 2.89. The molecule has 18 heavy (non-hydrogen) atoms. The molecule has 0 bridgehead atoms. The van der Waals surface area contributed by atoms with Crippen LogP contribution in [-0.4, -0.2) is 30.7 Å². The molecule has 2 unspecified atom stereocenters. The van der Waals surface area contributed by atoms with E-state index in [0.29, 0.717) is 12.2 Å². The Labute approximate surface area is 109 Å². The Balaban J connectivity index is 2.57. The van der Waals surface area contributed by atoms with E-state index in [1.807, 2.05) is 6.92 Å². The highest BCUT2D eigenvalue weighted by Crippen LogP contribution is 2.13. The molecule has 8 heteroatoms. The van der Waals surface area contributed by atoms with Crippen molar-refractivity contribution >= 4 is 20.8 Å². The largest absolute Gasteiger partial charge is 0.447 e. The van der Waals surface area contributed by atoms with Gasteiger partial charge in [-0.25, -0.2) is 13.1 Å². The molecule has 0 radical (unpaired) electrons. The summed E-state index contributed by atoms with van der Waals surface area (Å²) in [5.41, 5.74) is 5.34. The summed E-state index contributed by atoms with van der Waals surface area (Å²) in [5, 5.41) is -0.197. The SMILES string of the molecule is CC(CCNS(=O)(=O)c1ccc(CN)o1)S(C)=O. The molecule has 0 aliphatic carbocycles. The predicted molar refractivity (Wildman–Crippen MR) is 69.9 cm³/mol. The van der Waals surface area contributed by atoms with Gasteiger partial charge in [-0.05, 0) is 18.6 Å². The first kappa shape index (κ1) is 15.4. The first-order valence-corrected chi connectivity index (χ1v) is 8.58. The van der Waals surface area contributed by atoms with Crippen molar-refractivity contribution in [2.75, 3.05) is 12.8 Å². The Bertz CT molecular complexity index is 510. The van der Waals surface area contributed by atoms with Crippen LogP contribution in [0.5, 0.6) is 0 Å². The van der Waals surface area contributed by atoms with Crippen LogP contribution < -0.4 is 10.5 Å². The van der Waals surface area contributed by atoms with Gasteiger partial charge < -0.3 is 10.2 Å². The van der Waals surface area contributed by atoms with Crippen molar-refractivity contribution in [1.29, 1.82) is 0 Å². The quantitative estimate of drug-likeness (QED) is 0.746. The molecule has 0 spiro atoms. The highest BCUT2D eigenvalue weighted by atomic mass is 32.2. The zero-order chi connectivity index (χ0) is 13.8. The third kappa shape index (κ3) is 4.20. The summed E-state index contributed by atoms with van der Waals surface area (Å²) in [7, 11) is -4.60. The van der Waals surface area contributed by atoms with Gasteiger partial charge in [0.05, 0.1) is 6.54 Å². The molecule has 0 saturated carbocycles. The average Bonchev–Trinajstić information content (AvgIpc) is 2.77. The van der Waals surface area contributed by atoms with Gasteiger partial charge in [0.1, 0.15) is 5.76 Å². The van der Waals surface area contributed by atoms with Crippen molar-refractivity contribution < 1.29 is 17.0 Å². The Hall–Kier alpha value is -0.700. The third-order valence-electron chi connectivity index (χ3n) is 2.51. The number of hydrogen-bond acceptors (Lipinski definition) is 5. The van der Waals surface area contributed by atoms with Gasteiger partial charge in [-0.3, -0.25) is 4.21 Å².